The quantitative estimate of drug-likeness (QED) is 0.209. The summed E-state index contributed by atoms with van der Waals surface area (Å²) in [6, 6.07) is 40.7. The highest BCUT2D eigenvalue weighted by molar-refractivity contribution is 6.08. The minimum atomic E-state index is 0.949. The first-order valence-corrected chi connectivity index (χ1v) is 13.3. The van der Waals surface area contributed by atoms with Gasteiger partial charge in [-0.3, -0.25) is 0 Å². The second kappa shape index (κ2) is 10.7. The van der Waals surface area contributed by atoms with Gasteiger partial charge in [0.2, 0.25) is 0 Å². The van der Waals surface area contributed by atoms with E-state index in [0.717, 1.165) is 39.1 Å². The molecule has 2 N–H and O–H groups in total. The molecule has 6 aromatic rings. The second-order valence-corrected chi connectivity index (χ2v) is 9.67. The summed E-state index contributed by atoms with van der Waals surface area (Å²) in [6.45, 7) is 6.43. The van der Waals surface area contributed by atoms with Crippen molar-refractivity contribution in [3.8, 4) is 22.3 Å². The predicted octanol–water partition coefficient (Wildman–Crippen LogP) is 10.5. The third kappa shape index (κ3) is 5.05. The summed E-state index contributed by atoms with van der Waals surface area (Å²) in [6.07, 6.45) is 8.14. The number of anilines is 2. The molecule has 0 aliphatic carbocycles. The zero-order valence-electron chi connectivity index (χ0n) is 22.0. The Kier molecular flexibility index (Phi) is 6.67. The standard InChI is InChI=1S/C37H30N2/c1-3-4-6-12-26(2)33-24-29(30-20-22-37-34(25-30)32-17-9-10-18-35(32)39-37)19-21-36(33)38-31-16-11-15-28(23-31)27-13-7-5-8-14-27/h3-25,38-39H,2H2,1H3/b4-3-,12-6-. The highest BCUT2D eigenvalue weighted by Gasteiger charge is 2.11. The molecule has 0 saturated carbocycles. The van der Waals surface area contributed by atoms with Gasteiger partial charge in [0, 0.05) is 38.7 Å². The van der Waals surface area contributed by atoms with Crippen LogP contribution in [0, 0.1) is 0 Å². The molecule has 0 radical (unpaired) electrons. The highest BCUT2D eigenvalue weighted by Crippen LogP contribution is 2.35. The minimum Gasteiger partial charge on any atom is -0.355 e. The van der Waals surface area contributed by atoms with Crippen molar-refractivity contribution in [2.75, 3.05) is 5.32 Å². The minimum absolute atomic E-state index is 0.949. The number of para-hydroxylation sites is 1. The molecular weight excluding hydrogens is 472 g/mol. The van der Waals surface area contributed by atoms with E-state index in [1.807, 2.05) is 31.2 Å². The fourth-order valence-corrected chi connectivity index (χ4v) is 5.06. The molecule has 0 amide bonds. The van der Waals surface area contributed by atoms with E-state index in [2.05, 4.69) is 132 Å². The predicted molar refractivity (Wildman–Crippen MR) is 169 cm³/mol. The van der Waals surface area contributed by atoms with Crippen molar-refractivity contribution in [3.05, 3.63) is 152 Å². The molecule has 0 unspecified atom stereocenters. The number of benzene rings is 5. The number of rotatable bonds is 7. The molecule has 0 atom stereocenters. The normalized spacial score (nSPS) is 11.6. The molecule has 0 saturated heterocycles. The zero-order chi connectivity index (χ0) is 26.6. The third-order valence-corrected chi connectivity index (χ3v) is 7.05. The lowest BCUT2D eigenvalue weighted by Gasteiger charge is -2.16. The van der Waals surface area contributed by atoms with E-state index >= 15 is 0 Å². The monoisotopic (exact) mass is 502 g/mol. The first kappa shape index (κ1) is 24.3. The molecule has 39 heavy (non-hydrogen) atoms. The van der Waals surface area contributed by atoms with E-state index in [1.54, 1.807) is 0 Å². The Morgan fingerprint density at radius 2 is 1.36 bits per heavy atom. The van der Waals surface area contributed by atoms with Gasteiger partial charge in [-0.25, -0.2) is 0 Å². The van der Waals surface area contributed by atoms with E-state index in [1.165, 1.54) is 27.5 Å². The Hall–Kier alpha value is -5.08. The van der Waals surface area contributed by atoms with Crippen LogP contribution in [0.3, 0.4) is 0 Å². The Labute approximate surface area is 229 Å². The lowest BCUT2D eigenvalue weighted by atomic mass is 9.96. The van der Waals surface area contributed by atoms with Gasteiger partial charge in [0.15, 0.2) is 0 Å². The zero-order valence-corrected chi connectivity index (χ0v) is 22.0. The van der Waals surface area contributed by atoms with Gasteiger partial charge in [0.25, 0.3) is 0 Å². The smallest absolute Gasteiger partial charge is 0.0465 e. The fraction of sp³-hybridized carbons (Fsp3) is 0.0270. The number of nitrogens with one attached hydrogen (secondary N) is 2. The van der Waals surface area contributed by atoms with Gasteiger partial charge in [-0.15, -0.1) is 0 Å². The summed E-state index contributed by atoms with van der Waals surface area (Å²) in [5.41, 5.74) is 11.1. The fourth-order valence-electron chi connectivity index (χ4n) is 5.06. The van der Waals surface area contributed by atoms with Crippen LogP contribution < -0.4 is 5.32 Å². The molecule has 6 rings (SSSR count). The lowest BCUT2D eigenvalue weighted by Crippen LogP contribution is -1.96. The third-order valence-electron chi connectivity index (χ3n) is 7.05. The van der Waals surface area contributed by atoms with Crippen molar-refractivity contribution in [3.63, 3.8) is 0 Å². The molecule has 2 nitrogen and oxygen atoms in total. The van der Waals surface area contributed by atoms with Crippen LogP contribution in [0.2, 0.25) is 0 Å². The van der Waals surface area contributed by atoms with Gasteiger partial charge in [0.1, 0.15) is 0 Å². The summed E-state index contributed by atoms with van der Waals surface area (Å²) in [5, 5.41) is 6.14. The van der Waals surface area contributed by atoms with Crippen LogP contribution in [0.1, 0.15) is 12.5 Å². The average molecular weight is 503 g/mol. The van der Waals surface area contributed by atoms with Gasteiger partial charge in [-0.1, -0.05) is 104 Å². The summed E-state index contributed by atoms with van der Waals surface area (Å²) >= 11 is 0. The second-order valence-electron chi connectivity index (χ2n) is 9.67. The van der Waals surface area contributed by atoms with Crippen LogP contribution in [0.15, 0.2) is 146 Å². The highest BCUT2D eigenvalue weighted by atomic mass is 14.9. The van der Waals surface area contributed by atoms with Crippen LogP contribution in [-0.2, 0) is 0 Å². The van der Waals surface area contributed by atoms with E-state index in [4.69, 9.17) is 0 Å². The van der Waals surface area contributed by atoms with Crippen LogP contribution in [-0.4, -0.2) is 4.98 Å². The van der Waals surface area contributed by atoms with E-state index in [-0.39, 0.29) is 0 Å². The Balaban J connectivity index is 1.40. The molecule has 0 spiro atoms. The van der Waals surface area contributed by atoms with E-state index in [9.17, 15) is 0 Å². The van der Waals surface area contributed by atoms with Crippen molar-refractivity contribution >= 4 is 38.8 Å². The summed E-state index contributed by atoms with van der Waals surface area (Å²) in [5.74, 6) is 0. The Morgan fingerprint density at radius 3 is 2.23 bits per heavy atom. The SMILES string of the molecule is C=C(/C=C\C=C/C)c1cc(-c2ccc3[nH]c4ccccc4c3c2)ccc1Nc1cccc(-c2ccccc2)c1. The van der Waals surface area contributed by atoms with Crippen LogP contribution >= 0.6 is 0 Å². The molecule has 1 aromatic heterocycles. The van der Waals surface area contributed by atoms with Gasteiger partial charge < -0.3 is 10.3 Å². The number of hydrogen-bond acceptors (Lipinski definition) is 1. The molecule has 0 bridgehead atoms. The largest absolute Gasteiger partial charge is 0.355 e. The van der Waals surface area contributed by atoms with Crippen LogP contribution in [0.25, 0.3) is 49.6 Å². The molecule has 1 heterocycles. The van der Waals surface area contributed by atoms with Gasteiger partial charge >= 0.3 is 0 Å². The Morgan fingerprint density at radius 1 is 0.641 bits per heavy atom. The van der Waals surface area contributed by atoms with Crippen molar-refractivity contribution in [2.24, 2.45) is 0 Å². The number of aromatic nitrogens is 1. The molecule has 0 fully saturated rings. The molecule has 2 heteroatoms. The van der Waals surface area contributed by atoms with Crippen molar-refractivity contribution in [1.82, 2.24) is 4.98 Å². The maximum atomic E-state index is 4.42. The summed E-state index contributed by atoms with van der Waals surface area (Å²) in [4.78, 5) is 3.53. The molecule has 188 valence electrons. The maximum Gasteiger partial charge on any atom is 0.0465 e. The first-order valence-electron chi connectivity index (χ1n) is 13.3. The molecule has 0 aliphatic rings. The van der Waals surface area contributed by atoms with Gasteiger partial charge in [0.05, 0.1) is 0 Å². The number of fused-ring (bicyclic) bond motifs is 3. The number of hydrogen-bond donors (Lipinski definition) is 2. The van der Waals surface area contributed by atoms with E-state index < -0.39 is 0 Å². The molecule has 0 aliphatic heterocycles. The lowest BCUT2D eigenvalue weighted by molar-refractivity contribution is 1.50. The number of H-pyrrole nitrogens is 1. The van der Waals surface area contributed by atoms with Crippen molar-refractivity contribution < 1.29 is 0 Å². The van der Waals surface area contributed by atoms with Gasteiger partial charge in [-0.2, -0.15) is 0 Å². The first-order chi connectivity index (χ1) is 19.2. The average Bonchev–Trinajstić information content (AvgIpc) is 3.36. The van der Waals surface area contributed by atoms with Gasteiger partial charge in [-0.05, 0) is 77.2 Å². The number of allylic oxidation sites excluding steroid dienone is 5. The molecule has 5 aromatic carbocycles. The van der Waals surface area contributed by atoms with Crippen LogP contribution in [0.5, 0.6) is 0 Å². The summed E-state index contributed by atoms with van der Waals surface area (Å²) in [7, 11) is 0. The van der Waals surface area contributed by atoms with E-state index in [0.29, 0.717) is 0 Å². The van der Waals surface area contributed by atoms with Crippen LogP contribution in [0.4, 0.5) is 11.4 Å². The topological polar surface area (TPSA) is 27.8 Å². The molecular formula is C37H30N2. The van der Waals surface area contributed by atoms with Crippen molar-refractivity contribution in [1.29, 1.82) is 0 Å². The van der Waals surface area contributed by atoms with Crippen molar-refractivity contribution in [2.45, 2.75) is 6.92 Å². The number of aromatic amines is 1. The Bertz CT molecular complexity index is 1850. The maximum absolute atomic E-state index is 4.42. The summed E-state index contributed by atoms with van der Waals surface area (Å²) < 4.78 is 0.